The summed E-state index contributed by atoms with van der Waals surface area (Å²) in [5, 5.41) is 0. The van der Waals surface area contributed by atoms with Crippen molar-refractivity contribution in [1.82, 2.24) is 0 Å². The third-order valence-corrected chi connectivity index (χ3v) is 1.89. The molecule has 0 aromatic heterocycles. The maximum atomic E-state index is 5.44. The van der Waals surface area contributed by atoms with Crippen LogP contribution in [0.25, 0.3) is 0 Å². The largest absolute Gasteiger partial charge is 0.377 e. The van der Waals surface area contributed by atoms with Gasteiger partial charge in [0.15, 0.2) is 0 Å². The molecule has 0 radical (unpaired) electrons. The molecule has 2 heteroatoms. The molecule has 1 saturated heterocycles. The third-order valence-electron chi connectivity index (χ3n) is 1.89. The number of hydrogen-bond acceptors (Lipinski definition) is 2. The van der Waals surface area contributed by atoms with Gasteiger partial charge in [-0.1, -0.05) is 6.92 Å². The van der Waals surface area contributed by atoms with Gasteiger partial charge in [0, 0.05) is 13.2 Å². The van der Waals surface area contributed by atoms with E-state index in [0.29, 0.717) is 12.6 Å². The van der Waals surface area contributed by atoms with Crippen LogP contribution in [0.1, 0.15) is 19.8 Å². The van der Waals surface area contributed by atoms with Gasteiger partial charge < -0.3 is 10.5 Å². The van der Waals surface area contributed by atoms with E-state index in [0.717, 1.165) is 18.9 Å². The van der Waals surface area contributed by atoms with Crippen molar-refractivity contribution in [3.63, 3.8) is 0 Å². The van der Waals surface area contributed by atoms with E-state index < -0.39 is 0 Å². The van der Waals surface area contributed by atoms with E-state index in [1.54, 1.807) is 0 Å². The fourth-order valence-electron chi connectivity index (χ4n) is 1.23. The molecule has 1 heterocycles. The minimum Gasteiger partial charge on any atom is -0.377 e. The molecule has 2 unspecified atom stereocenters. The van der Waals surface area contributed by atoms with Crippen molar-refractivity contribution in [3.05, 3.63) is 0 Å². The summed E-state index contributed by atoms with van der Waals surface area (Å²) in [5.41, 5.74) is 5.44. The lowest BCUT2D eigenvalue weighted by molar-refractivity contribution is 0.00101. The van der Waals surface area contributed by atoms with E-state index in [4.69, 9.17) is 10.5 Å². The van der Waals surface area contributed by atoms with Crippen molar-refractivity contribution in [2.75, 3.05) is 13.2 Å². The highest BCUT2D eigenvalue weighted by Gasteiger charge is 2.17. The Kier molecular flexibility index (Phi) is 2.49. The Balaban J connectivity index is 2.23. The summed E-state index contributed by atoms with van der Waals surface area (Å²) in [6, 6.07) is 0. The van der Waals surface area contributed by atoms with Crippen LogP contribution in [-0.2, 0) is 4.74 Å². The molecule has 54 valence electrons. The van der Waals surface area contributed by atoms with Gasteiger partial charge in [-0.3, -0.25) is 0 Å². The molecule has 0 bridgehead atoms. The summed E-state index contributed by atoms with van der Waals surface area (Å²) in [6.07, 6.45) is 2.70. The maximum absolute atomic E-state index is 5.44. The second kappa shape index (κ2) is 3.18. The molecule has 0 aliphatic carbocycles. The van der Waals surface area contributed by atoms with E-state index >= 15 is 0 Å². The zero-order valence-electron chi connectivity index (χ0n) is 5.97. The van der Waals surface area contributed by atoms with E-state index in [1.807, 2.05) is 0 Å². The van der Waals surface area contributed by atoms with Crippen LogP contribution in [0.4, 0.5) is 0 Å². The Morgan fingerprint density at radius 3 is 2.89 bits per heavy atom. The molecule has 2 atom stereocenters. The summed E-state index contributed by atoms with van der Waals surface area (Å²) < 4.78 is 5.37. The molecule has 0 aromatic carbocycles. The lowest BCUT2D eigenvalue weighted by Crippen LogP contribution is -2.30. The Labute approximate surface area is 56.4 Å². The zero-order valence-corrected chi connectivity index (χ0v) is 5.97. The smallest absolute Gasteiger partial charge is 0.0699 e. The second-order valence-electron chi connectivity index (χ2n) is 2.86. The first kappa shape index (κ1) is 7.03. The molecule has 2 N–H and O–H groups in total. The van der Waals surface area contributed by atoms with Gasteiger partial charge in [-0.25, -0.2) is 0 Å². The molecule has 0 aromatic rings. The molecule has 1 aliphatic rings. The van der Waals surface area contributed by atoms with Crippen LogP contribution in [0.2, 0.25) is 0 Å². The van der Waals surface area contributed by atoms with Crippen LogP contribution in [0.5, 0.6) is 0 Å². The Bertz CT molecular complexity index is 85.0. The summed E-state index contributed by atoms with van der Waals surface area (Å²) in [7, 11) is 0. The van der Waals surface area contributed by atoms with Gasteiger partial charge in [0.2, 0.25) is 0 Å². The fraction of sp³-hybridized carbons (Fsp3) is 1.00. The highest BCUT2D eigenvalue weighted by molar-refractivity contribution is 4.68. The number of nitrogens with two attached hydrogens (primary N) is 1. The van der Waals surface area contributed by atoms with Crippen LogP contribution >= 0.6 is 0 Å². The van der Waals surface area contributed by atoms with Crippen molar-refractivity contribution in [1.29, 1.82) is 0 Å². The lowest BCUT2D eigenvalue weighted by atomic mass is 9.98. The van der Waals surface area contributed by atoms with Gasteiger partial charge in [0.25, 0.3) is 0 Å². The molecule has 1 rings (SSSR count). The lowest BCUT2D eigenvalue weighted by Gasteiger charge is -2.25. The number of ether oxygens (including phenoxy) is 1. The second-order valence-corrected chi connectivity index (χ2v) is 2.86. The van der Waals surface area contributed by atoms with Gasteiger partial charge in [-0.15, -0.1) is 0 Å². The Morgan fingerprint density at radius 1 is 1.67 bits per heavy atom. The SMILES string of the molecule is CC1CCOC(CN)C1. The first-order valence-electron chi connectivity index (χ1n) is 3.64. The molecular formula is C7H15NO. The topological polar surface area (TPSA) is 35.2 Å². The van der Waals surface area contributed by atoms with Gasteiger partial charge in [-0.2, -0.15) is 0 Å². The quantitative estimate of drug-likeness (QED) is 0.567. The van der Waals surface area contributed by atoms with E-state index in [-0.39, 0.29) is 0 Å². The highest BCUT2D eigenvalue weighted by Crippen LogP contribution is 2.17. The van der Waals surface area contributed by atoms with Crippen molar-refractivity contribution < 1.29 is 4.74 Å². The highest BCUT2D eigenvalue weighted by atomic mass is 16.5. The number of hydrogen-bond donors (Lipinski definition) is 1. The molecule has 0 saturated carbocycles. The van der Waals surface area contributed by atoms with Crippen LogP contribution in [-0.4, -0.2) is 19.3 Å². The van der Waals surface area contributed by atoms with Crippen molar-refractivity contribution >= 4 is 0 Å². The summed E-state index contributed by atoms with van der Waals surface area (Å²) >= 11 is 0. The first-order chi connectivity index (χ1) is 4.33. The van der Waals surface area contributed by atoms with Crippen molar-refractivity contribution in [2.24, 2.45) is 11.7 Å². The Hall–Kier alpha value is -0.0800. The maximum Gasteiger partial charge on any atom is 0.0699 e. The molecule has 9 heavy (non-hydrogen) atoms. The van der Waals surface area contributed by atoms with Crippen LogP contribution in [0, 0.1) is 5.92 Å². The first-order valence-corrected chi connectivity index (χ1v) is 3.64. The molecule has 0 amide bonds. The molecular weight excluding hydrogens is 114 g/mol. The van der Waals surface area contributed by atoms with Crippen molar-refractivity contribution in [3.8, 4) is 0 Å². The van der Waals surface area contributed by atoms with Gasteiger partial charge in [-0.05, 0) is 18.8 Å². The summed E-state index contributed by atoms with van der Waals surface area (Å²) in [5.74, 6) is 0.812. The Morgan fingerprint density at radius 2 is 2.44 bits per heavy atom. The average Bonchev–Trinajstić information content (AvgIpc) is 1.88. The zero-order chi connectivity index (χ0) is 6.69. The normalized spacial score (nSPS) is 36.7. The molecule has 1 aliphatic heterocycles. The monoisotopic (exact) mass is 129 g/mol. The van der Waals surface area contributed by atoms with E-state index in [2.05, 4.69) is 6.92 Å². The van der Waals surface area contributed by atoms with Gasteiger partial charge >= 0.3 is 0 Å². The number of rotatable bonds is 1. The summed E-state index contributed by atoms with van der Waals surface area (Å²) in [4.78, 5) is 0. The van der Waals surface area contributed by atoms with Gasteiger partial charge in [0.1, 0.15) is 0 Å². The van der Waals surface area contributed by atoms with E-state index in [9.17, 15) is 0 Å². The average molecular weight is 129 g/mol. The van der Waals surface area contributed by atoms with Crippen molar-refractivity contribution in [2.45, 2.75) is 25.9 Å². The van der Waals surface area contributed by atoms with E-state index in [1.165, 1.54) is 6.42 Å². The van der Waals surface area contributed by atoms with Gasteiger partial charge in [0.05, 0.1) is 6.10 Å². The predicted octanol–water partition coefficient (Wildman–Crippen LogP) is 0.760. The molecule has 0 spiro atoms. The predicted molar refractivity (Wildman–Crippen MR) is 37.2 cm³/mol. The fourth-order valence-corrected chi connectivity index (χ4v) is 1.23. The third kappa shape index (κ3) is 1.95. The molecule has 2 nitrogen and oxygen atoms in total. The van der Waals surface area contributed by atoms with Crippen LogP contribution in [0.15, 0.2) is 0 Å². The molecule has 1 fully saturated rings. The summed E-state index contributed by atoms with van der Waals surface area (Å²) in [6.45, 7) is 3.85. The minimum atomic E-state index is 0.341. The minimum absolute atomic E-state index is 0.341. The standard InChI is InChI=1S/C7H15NO/c1-6-2-3-9-7(4-6)5-8/h6-7H,2-5,8H2,1H3. The van der Waals surface area contributed by atoms with Crippen LogP contribution in [0.3, 0.4) is 0 Å². The van der Waals surface area contributed by atoms with Crippen LogP contribution < -0.4 is 5.73 Å².